The van der Waals surface area contributed by atoms with Gasteiger partial charge in [-0.15, -0.1) is 0 Å². The number of aromatic amines is 1. The second kappa shape index (κ2) is 4.96. The Hall–Kier alpha value is -2.60. The maximum Gasteiger partial charge on any atom is 0.280 e. The highest BCUT2D eigenvalue weighted by atomic mass is 16.2. The number of nitrogens with two attached hydrogens (primary N) is 1. The first-order chi connectivity index (χ1) is 11.0. The zero-order chi connectivity index (χ0) is 16.1. The Morgan fingerprint density at radius 3 is 3.04 bits per heavy atom. The molecule has 6 nitrogen and oxygen atoms in total. The number of carbonyl (C=O) groups is 1. The molecule has 1 aliphatic rings. The molecule has 0 saturated heterocycles. The Bertz CT molecular complexity index is 921. The summed E-state index contributed by atoms with van der Waals surface area (Å²) in [6.07, 6.45) is 0.823. The molecule has 0 amide bonds. The smallest absolute Gasteiger partial charge is 0.280 e. The number of nitrogens with zero attached hydrogens (tertiary/aromatic N) is 3. The summed E-state index contributed by atoms with van der Waals surface area (Å²) in [4.78, 5) is 18.4. The first-order valence-corrected chi connectivity index (χ1v) is 7.72. The Kier molecular flexibility index (Phi) is 3.02. The quantitative estimate of drug-likeness (QED) is 0.720. The van der Waals surface area contributed by atoms with E-state index >= 15 is 0 Å². The lowest BCUT2D eigenvalue weighted by molar-refractivity contribution is 0.0949. The predicted octanol–water partition coefficient (Wildman–Crippen LogP) is 1.93. The molecule has 0 radical (unpaired) electrons. The fraction of sp³-hybridized carbons (Fsp3) is 0.294. The Morgan fingerprint density at radius 2 is 2.22 bits per heavy atom. The van der Waals surface area contributed by atoms with Gasteiger partial charge in [-0.3, -0.25) is 4.79 Å². The number of carbonyl (C=O) groups excluding carboxylic acids is 1. The number of hydrogen-bond acceptors (Lipinski definition) is 4. The first kappa shape index (κ1) is 14.0. The maximum absolute atomic E-state index is 13.0. The minimum Gasteiger partial charge on any atom is -0.383 e. The van der Waals surface area contributed by atoms with E-state index in [1.165, 1.54) is 4.68 Å². The van der Waals surface area contributed by atoms with Gasteiger partial charge >= 0.3 is 0 Å². The summed E-state index contributed by atoms with van der Waals surface area (Å²) in [7, 11) is 2.05. The molecule has 2 aromatic heterocycles. The number of nitrogen functional groups attached to an aromatic ring is 1. The zero-order valence-corrected chi connectivity index (χ0v) is 13.3. The Morgan fingerprint density at radius 1 is 1.39 bits per heavy atom. The van der Waals surface area contributed by atoms with Crippen LogP contribution in [0.3, 0.4) is 0 Å². The van der Waals surface area contributed by atoms with Gasteiger partial charge in [0.1, 0.15) is 5.82 Å². The van der Waals surface area contributed by atoms with Crippen LogP contribution in [-0.2, 0) is 13.0 Å². The van der Waals surface area contributed by atoms with Crippen molar-refractivity contribution >= 4 is 22.6 Å². The van der Waals surface area contributed by atoms with Gasteiger partial charge in [-0.2, -0.15) is 9.78 Å². The molecule has 0 saturated carbocycles. The average Bonchev–Trinajstić information content (AvgIpc) is 3.06. The van der Waals surface area contributed by atoms with Crippen molar-refractivity contribution in [3.05, 3.63) is 46.8 Å². The standard InChI is InChI=1S/C17H19N5O/c1-10-8-12-11(4-3-5-14(12)19-10)17(23)22-16(18)13-9-21(2)7-6-15(13)20-22/h3-5,8,19H,6-7,9,18H2,1-2H3. The van der Waals surface area contributed by atoms with Crippen molar-refractivity contribution in [1.82, 2.24) is 19.7 Å². The van der Waals surface area contributed by atoms with Crippen molar-refractivity contribution in [3.8, 4) is 0 Å². The summed E-state index contributed by atoms with van der Waals surface area (Å²) in [5.41, 5.74) is 10.7. The van der Waals surface area contributed by atoms with Crippen LogP contribution in [0.5, 0.6) is 0 Å². The number of rotatable bonds is 1. The van der Waals surface area contributed by atoms with Gasteiger partial charge in [0.2, 0.25) is 0 Å². The van der Waals surface area contributed by atoms with Crippen LogP contribution in [0.2, 0.25) is 0 Å². The summed E-state index contributed by atoms with van der Waals surface area (Å²) >= 11 is 0. The van der Waals surface area contributed by atoms with E-state index in [9.17, 15) is 4.79 Å². The minimum absolute atomic E-state index is 0.177. The lowest BCUT2D eigenvalue weighted by Gasteiger charge is -2.21. The van der Waals surface area contributed by atoms with E-state index in [4.69, 9.17) is 5.73 Å². The highest BCUT2D eigenvalue weighted by Gasteiger charge is 2.25. The number of likely N-dealkylation sites (N-methyl/N-ethyl adjacent to an activating group) is 1. The minimum atomic E-state index is -0.177. The fourth-order valence-electron chi connectivity index (χ4n) is 3.28. The van der Waals surface area contributed by atoms with Crippen molar-refractivity contribution in [2.45, 2.75) is 19.9 Å². The molecule has 1 aromatic carbocycles. The maximum atomic E-state index is 13.0. The van der Waals surface area contributed by atoms with Gasteiger partial charge < -0.3 is 15.6 Å². The molecular weight excluding hydrogens is 290 g/mol. The summed E-state index contributed by atoms with van der Waals surface area (Å²) in [5.74, 6) is 0.282. The molecular formula is C17H19N5O. The van der Waals surface area contributed by atoms with Crippen LogP contribution in [0, 0.1) is 6.92 Å². The second-order valence-electron chi connectivity index (χ2n) is 6.23. The SMILES string of the molecule is Cc1cc2c(C(=O)n3nc4c(c3N)CN(C)CC4)cccc2[nH]1. The molecule has 0 spiro atoms. The van der Waals surface area contributed by atoms with Crippen LogP contribution in [0.25, 0.3) is 10.9 Å². The van der Waals surface area contributed by atoms with E-state index in [0.717, 1.165) is 47.4 Å². The topological polar surface area (TPSA) is 79.9 Å². The first-order valence-electron chi connectivity index (χ1n) is 7.72. The highest BCUT2D eigenvalue weighted by Crippen LogP contribution is 2.26. The zero-order valence-electron chi connectivity index (χ0n) is 13.3. The highest BCUT2D eigenvalue weighted by molar-refractivity contribution is 6.08. The van der Waals surface area contributed by atoms with Gasteiger partial charge in [0.05, 0.1) is 11.3 Å². The van der Waals surface area contributed by atoms with E-state index in [-0.39, 0.29) is 5.91 Å². The van der Waals surface area contributed by atoms with Crippen LogP contribution in [0.4, 0.5) is 5.82 Å². The molecule has 3 aromatic rings. The van der Waals surface area contributed by atoms with E-state index in [2.05, 4.69) is 15.0 Å². The van der Waals surface area contributed by atoms with Crippen molar-refractivity contribution in [2.24, 2.45) is 0 Å². The number of nitrogens with one attached hydrogen (secondary N) is 1. The monoisotopic (exact) mass is 309 g/mol. The number of aromatic nitrogens is 3. The molecule has 6 heteroatoms. The summed E-state index contributed by atoms with van der Waals surface area (Å²) < 4.78 is 1.36. The summed E-state index contributed by atoms with van der Waals surface area (Å²) in [6.45, 7) is 3.65. The molecule has 3 N–H and O–H groups in total. The molecule has 0 fully saturated rings. The molecule has 0 bridgehead atoms. The predicted molar refractivity (Wildman–Crippen MR) is 89.4 cm³/mol. The molecule has 0 atom stereocenters. The van der Waals surface area contributed by atoms with E-state index < -0.39 is 0 Å². The van der Waals surface area contributed by atoms with Crippen molar-refractivity contribution in [2.75, 3.05) is 19.3 Å². The van der Waals surface area contributed by atoms with Gasteiger partial charge in [-0.05, 0) is 32.2 Å². The van der Waals surface area contributed by atoms with E-state index in [0.29, 0.717) is 11.4 Å². The third-order valence-corrected chi connectivity index (χ3v) is 4.49. The average molecular weight is 309 g/mol. The second-order valence-corrected chi connectivity index (χ2v) is 6.23. The van der Waals surface area contributed by atoms with Gasteiger partial charge in [-0.25, -0.2) is 0 Å². The number of fused-ring (bicyclic) bond motifs is 2. The molecule has 1 aliphatic heterocycles. The normalized spacial score (nSPS) is 15.0. The van der Waals surface area contributed by atoms with Crippen LogP contribution in [0.15, 0.2) is 24.3 Å². The van der Waals surface area contributed by atoms with Gasteiger partial charge in [0.25, 0.3) is 5.91 Å². The molecule has 4 rings (SSSR count). The van der Waals surface area contributed by atoms with Gasteiger partial charge in [-0.1, -0.05) is 6.07 Å². The Balaban J connectivity index is 1.83. The number of hydrogen-bond donors (Lipinski definition) is 2. The molecule has 23 heavy (non-hydrogen) atoms. The van der Waals surface area contributed by atoms with Crippen LogP contribution >= 0.6 is 0 Å². The van der Waals surface area contributed by atoms with Gasteiger partial charge in [0.15, 0.2) is 0 Å². The van der Waals surface area contributed by atoms with Crippen molar-refractivity contribution in [3.63, 3.8) is 0 Å². The molecule has 3 heterocycles. The number of H-pyrrole nitrogens is 1. The Labute approximate surface area is 133 Å². The summed E-state index contributed by atoms with van der Waals surface area (Å²) in [6, 6.07) is 7.64. The largest absolute Gasteiger partial charge is 0.383 e. The third kappa shape index (κ3) is 2.14. The summed E-state index contributed by atoms with van der Waals surface area (Å²) in [5, 5.41) is 5.38. The van der Waals surface area contributed by atoms with Crippen LogP contribution in [0.1, 0.15) is 27.3 Å². The number of benzene rings is 1. The van der Waals surface area contributed by atoms with Crippen molar-refractivity contribution < 1.29 is 4.79 Å². The van der Waals surface area contributed by atoms with Gasteiger partial charge in [0, 0.05) is 41.7 Å². The number of aryl methyl sites for hydroxylation is 1. The molecule has 0 aliphatic carbocycles. The number of anilines is 1. The van der Waals surface area contributed by atoms with E-state index in [1.54, 1.807) is 0 Å². The van der Waals surface area contributed by atoms with Crippen LogP contribution < -0.4 is 5.73 Å². The van der Waals surface area contributed by atoms with Crippen molar-refractivity contribution in [1.29, 1.82) is 0 Å². The van der Waals surface area contributed by atoms with E-state index in [1.807, 2.05) is 38.2 Å². The lowest BCUT2D eigenvalue weighted by Crippen LogP contribution is -2.26. The van der Waals surface area contributed by atoms with Crippen LogP contribution in [-0.4, -0.2) is 39.2 Å². The third-order valence-electron chi connectivity index (χ3n) is 4.49. The molecule has 0 unspecified atom stereocenters. The fourth-order valence-corrected chi connectivity index (χ4v) is 3.28. The lowest BCUT2D eigenvalue weighted by atomic mass is 10.1. The molecule has 118 valence electrons.